The Bertz CT molecular complexity index is 1070. The predicted octanol–water partition coefficient (Wildman–Crippen LogP) is 2.65. The number of amides is 3. The summed E-state index contributed by atoms with van der Waals surface area (Å²) in [4.78, 5) is 33.6. The third-order valence-corrected chi connectivity index (χ3v) is 7.65. The van der Waals surface area contributed by atoms with Gasteiger partial charge in [0, 0.05) is 44.0 Å². The van der Waals surface area contributed by atoms with Gasteiger partial charge in [0.15, 0.2) is 11.5 Å². The third-order valence-electron chi connectivity index (χ3n) is 7.65. The fourth-order valence-corrected chi connectivity index (χ4v) is 5.79. The van der Waals surface area contributed by atoms with E-state index in [4.69, 9.17) is 19.2 Å². The van der Waals surface area contributed by atoms with Crippen molar-refractivity contribution in [1.29, 1.82) is 0 Å². The first-order valence-corrected chi connectivity index (χ1v) is 12.6. The molecular weight excluding hydrogens is 460 g/mol. The van der Waals surface area contributed by atoms with Crippen molar-refractivity contribution in [2.45, 2.75) is 37.3 Å². The van der Waals surface area contributed by atoms with Crippen LogP contribution in [-0.4, -0.2) is 85.9 Å². The molecule has 0 saturated carbocycles. The number of aromatic nitrogens is 1. The fourth-order valence-electron chi connectivity index (χ4n) is 5.79. The van der Waals surface area contributed by atoms with Crippen molar-refractivity contribution >= 4 is 11.9 Å². The highest BCUT2D eigenvalue weighted by atomic mass is 16.5. The number of morpholine rings is 1. The number of nitrogens with zero attached hydrogens (tertiary/aromatic N) is 3. The van der Waals surface area contributed by atoms with Gasteiger partial charge >= 0.3 is 6.03 Å². The molecule has 192 valence electrons. The normalized spacial score (nSPS) is 23.4. The summed E-state index contributed by atoms with van der Waals surface area (Å²) in [5, 5.41) is 2.98. The number of fused-ring (bicyclic) bond motifs is 1. The van der Waals surface area contributed by atoms with Crippen LogP contribution in [0.3, 0.4) is 0 Å². The SMILES string of the molecule is COc1ccc(C(c2ccccn2)C2CCN(C(=O)N3CC[C@@H]4OCC(=O)N[C@@H]4C3)CC2)cc1OC. The molecular formula is C27H34N4O5. The Labute approximate surface area is 211 Å². The highest BCUT2D eigenvalue weighted by molar-refractivity contribution is 5.79. The lowest BCUT2D eigenvalue weighted by atomic mass is 9.78. The average Bonchev–Trinajstić information content (AvgIpc) is 2.93. The summed E-state index contributed by atoms with van der Waals surface area (Å²) < 4.78 is 16.6. The fraction of sp³-hybridized carbons (Fsp3) is 0.519. The number of nitrogens with one attached hydrogen (secondary N) is 1. The number of likely N-dealkylation sites (tertiary alicyclic amines) is 2. The van der Waals surface area contributed by atoms with E-state index in [0.29, 0.717) is 43.6 Å². The summed E-state index contributed by atoms with van der Waals surface area (Å²) in [6.07, 6.45) is 4.33. The third kappa shape index (κ3) is 4.97. The zero-order valence-corrected chi connectivity index (χ0v) is 20.9. The molecule has 2 aromatic rings. The van der Waals surface area contributed by atoms with Crippen molar-refractivity contribution in [3.8, 4) is 11.5 Å². The first-order valence-electron chi connectivity index (χ1n) is 12.6. The minimum atomic E-state index is -0.125. The number of piperidine rings is 2. The summed E-state index contributed by atoms with van der Waals surface area (Å²) in [5.41, 5.74) is 2.15. The van der Waals surface area contributed by atoms with Gasteiger partial charge in [-0.2, -0.15) is 0 Å². The average molecular weight is 495 g/mol. The lowest BCUT2D eigenvalue weighted by Gasteiger charge is -2.44. The van der Waals surface area contributed by atoms with Gasteiger partial charge in [0.25, 0.3) is 0 Å². The topological polar surface area (TPSA) is 93.2 Å². The van der Waals surface area contributed by atoms with Crippen LogP contribution in [0.1, 0.15) is 36.4 Å². The number of methoxy groups -OCH3 is 2. The van der Waals surface area contributed by atoms with E-state index in [1.165, 1.54) is 0 Å². The molecule has 0 aliphatic carbocycles. The standard InChI is InChI=1S/C27H34N4O5/c1-34-23-7-6-19(15-24(23)35-2)26(20-5-3-4-11-28-20)18-8-12-30(13-9-18)27(33)31-14-10-22-21(16-31)29-25(32)17-36-22/h3-7,11,15,18,21-22,26H,8-10,12-14,16-17H2,1-2H3,(H,29,32)/t21-,22+,26?/m1/s1. The zero-order valence-electron chi connectivity index (χ0n) is 20.9. The Morgan fingerprint density at radius 1 is 1.06 bits per heavy atom. The van der Waals surface area contributed by atoms with E-state index >= 15 is 0 Å². The molecule has 1 aromatic carbocycles. The second-order valence-corrected chi connectivity index (χ2v) is 9.71. The van der Waals surface area contributed by atoms with Crippen molar-refractivity contribution in [3.63, 3.8) is 0 Å². The molecule has 3 aliphatic heterocycles. The van der Waals surface area contributed by atoms with E-state index in [1.807, 2.05) is 40.3 Å². The largest absolute Gasteiger partial charge is 0.493 e. The van der Waals surface area contributed by atoms with Gasteiger partial charge in [-0.1, -0.05) is 12.1 Å². The summed E-state index contributed by atoms with van der Waals surface area (Å²) in [6.45, 7) is 2.64. The molecule has 5 rings (SSSR count). The highest BCUT2D eigenvalue weighted by Gasteiger charge is 2.39. The molecule has 0 radical (unpaired) electrons. The molecule has 0 bridgehead atoms. The molecule has 3 aliphatic rings. The maximum absolute atomic E-state index is 13.3. The van der Waals surface area contributed by atoms with Crippen LogP contribution in [0, 0.1) is 5.92 Å². The van der Waals surface area contributed by atoms with Gasteiger partial charge in [-0.15, -0.1) is 0 Å². The summed E-state index contributed by atoms with van der Waals surface area (Å²) in [6, 6.07) is 12.0. The number of ether oxygens (including phenoxy) is 3. The molecule has 3 saturated heterocycles. The maximum atomic E-state index is 13.3. The Kier molecular flexibility index (Phi) is 7.27. The molecule has 1 aromatic heterocycles. The minimum absolute atomic E-state index is 0.00175. The highest BCUT2D eigenvalue weighted by Crippen LogP contribution is 2.40. The number of pyridine rings is 1. The van der Waals surface area contributed by atoms with Gasteiger partial charge in [-0.05, 0) is 55.0 Å². The predicted molar refractivity (Wildman–Crippen MR) is 133 cm³/mol. The molecule has 0 spiro atoms. The number of benzene rings is 1. The van der Waals surface area contributed by atoms with Gasteiger partial charge in [0.05, 0.1) is 26.4 Å². The maximum Gasteiger partial charge on any atom is 0.320 e. The van der Waals surface area contributed by atoms with Crippen LogP contribution in [0.15, 0.2) is 42.6 Å². The van der Waals surface area contributed by atoms with Crippen LogP contribution in [0.5, 0.6) is 11.5 Å². The van der Waals surface area contributed by atoms with E-state index in [2.05, 4.69) is 17.4 Å². The van der Waals surface area contributed by atoms with E-state index in [9.17, 15) is 9.59 Å². The number of hydrogen-bond acceptors (Lipinski definition) is 6. The quantitative estimate of drug-likeness (QED) is 0.687. The van der Waals surface area contributed by atoms with Gasteiger partial charge in [-0.3, -0.25) is 9.78 Å². The number of carbonyl (C=O) groups excluding carboxylic acids is 2. The summed E-state index contributed by atoms with van der Waals surface area (Å²) >= 11 is 0. The first kappa shape index (κ1) is 24.4. The van der Waals surface area contributed by atoms with Crippen LogP contribution in [-0.2, 0) is 9.53 Å². The number of urea groups is 1. The molecule has 3 amide bonds. The Morgan fingerprint density at radius 2 is 1.83 bits per heavy atom. The summed E-state index contributed by atoms with van der Waals surface area (Å²) in [5.74, 6) is 1.71. The lowest BCUT2D eigenvalue weighted by Crippen LogP contribution is -2.62. The monoisotopic (exact) mass is 494 g/mol. The van der Waals surface area contributed by atoms with Gasteiger partial charge in [0.1, 0.15) is 6.61 Å². The van der Waals surface area contributed by atoms with Gasteiger partial charge in [0.2, 0.25) is 5.91 Å². The zero-order chi connectivity index (χ0) is 25.1. The van der Waals surface area contributed by atoms with Crippen molar-refractivity contribution in [3.05, 3.63) is 53.9 Å². The Morgan fingerprint density at radius 3 is 2.56 bits per heavy atom. The van der Waals surface area contributed by atoms with Gasteiger partial charge in [-0.25, -0.2) is 4.79 Å². The van der Waals surface area contributed by atoms with Crippen LogP contribution in [0.4, 0.5) is 4.79 Å². The van der Waals surface area contributed by atoms with Crippen LogP contribution in [0.25, 0.3) is 0 Å². The second kappa shape index (κ2) is 10.7. The molecule has 9 nitrogen and oxygen atoms in total. The van der Waals surface area contributed by atoms with Crippen molar-refractivity contribution < 1.29 is 23.8 Å². The van der Waals surface area contributed by atoms with Gasteiger partial charge < -0.3 is 29.3 Å². The number of hydrogen-bond donors (Lipinski definition) is 1. The van der Waals surface area contributed by atoms with Crippen molar-refractivity contribution in [2.75, 3.05) is 47.0 Å². The van der Waals surface area contributed by atoms with Crippen molar-refractivity contribution in [1.82, 2.24) is 20.1 Å². The molecule has 1 unspecified atom stereocenters. The van der Waals surface area contributed by atoms with E-state index < -0.39 is 0 Å². The summed E-state index contributed by atoms with van der Waals surface area (Å²) in [7, 11) is 3.29. The smallest absolute Gasteiger partial charge is 0.320 e. The molecule has 36 heavy (non-hydrogen) atoms. The van der Waals surface area contributed by atoms with Crippen LogP contribution < -0.4 is 14.8 Å². The van der Waals surface area contributed by atoms with Crippen molar-refractivity contribution in [2.24, 2.45) is 5.92 Å². The first-order chi connectivity index (χ1) is 17.6. The molecule has 3 fully saturated rings. The van der Waals surface area contributed by atoms with Crippen LogP contribution >= 0.6 is 0 Å². The number of rotatable bonds is 5. The molecule has 3 atom stereocenters. The lowest BCUT2D eigenvalue weighted by molar-refractivity contribution is -0.139. The van der Waals surface area contributed by atoms with E-state index in [-0.39, 0.29) is 36.6 Å². The molecule has 1 N–H and O–H groups in total. The molecule has 9 heteroatoms. The minimum Gasteiger partial charge on any atom is -0.493 e. The van der Waals surface area contributed by atoms with E-state index in [1.54, 1.807) is 14.2 Å². The van der Waals surface area contributed by atoms with Crippen LogP contribution in [0.2, 0.25) is 0 Å². The second-order valence-electron chi connectivity index (χ2n) is 9.71. The number of carbonyl (C=O) groups is 2. The Balaban J connectivity index is 1.28. The molecule has 4 heterocycles. The Hall–Kier alpha value is -3.33. The van der Waals surface area contributed by atoms with E-state index in [0.717, 1.165) is 30.5 Å².